The molecule has 1 N–H and O–H groups in total. The van der Waals surface area contributed by atoms with Gasteiger partial charge in [-0.25, -0.2) is 37.5 Å². The van der Waals surface area contributed by atoms with Crippen molar-refractivity contribution >= 4 is 55.5 Å². The van der Waals surface area contributed by atoms with Gasteiger partial charge >= 0.3 is 0 Å². The molecule has 0 fully saturated rings. The van der Waals surface area contributed by atoms with E-state index in [1.54, 1.807) is 59.3 Å². The smallest absolute Gasteiger partial charge is 0.253 e. The third kappa shape index (κ3) is 17.6. The predicted octanol–water partition coefficient (Wildman–Crippen LogP) is 16.0. The van der Waals surface area contributed by atoms with Crippen molar-refractivity contribution in [3.05, 3.63) is 197 Å². The quantitative estimate of drug-likeness (QED) is 0.0384. The minimum Gasteiger partial charge on any atom is -0.543 e. The van der Waals surface area contributed by atoms with Crippen molar-refractivity contribution in [2.45, 2.75) is 96.2 Å². The summed E-state index contributed by atoms with van der Waals surface area (Å²) in [5, 5.41) is 30.2. The van der Waals surface area contributed by atoms with Gasteiger partial charge in [0.1, 0.15) is 87.7 Å². The van der Waals surface area contributed by atoms with Crippen LogP contribution >= 0.6 is 27.5 Å². The van der Waals surface area contributed by atoms with Gasteiger partial charge in [-0.05, 0) is 78.2 Å². The van der Waals surface area contributed by atoms with Crippen molar-refractivity contribution in [2.24, 2.45) is 4.99 Å². The molecule has 11 aromatic rings. The van der Waals surface area contributed by atoms with Crippen molar-refractivity contribution in [3.63, 3.8) is 0 Å². The molecule has 8 aromatic heterocycles. The van der Waals surface area contributed by atoms with Gasteiger partial charge < -0.3 is 37.0 Å². The Bertz CT molecular complexity index is 4630. The first-order valence-corrected chi connectivity index (χ1v) is 37.2. The van der Waals surface area contributed by atoms with Crippen LogP contribution in [0.4, 0.5) is 26.3 Å². The Labute approximate surface area is 574 Å². The topological polar surface area (TPSA) is 261 Å². The molecular weight excluding hydrogens is 1400 g/mol. The number of allylic oxidation sites excluding steroid dienone is 1. The maximum absolute atomic E-state index is 15.1. The van der Waals surface area contributed by atoms with Crippen LogP contribution in [0.5, 0.6) is 29.0 Å². The number of hydrogen-bond donors (Lipinski definition) is 1. The standard InChI is InChI=1S/C24H27F2N5O3Si.C17H10ClF2N5O2.C13H20BrFOSi.C12H9FN4O2/c1-24(2,3)35(5,6)34-16-8-7-15(17(25)11-16)14-31-21(19-9-10-33-30-19)12-20(29-31)22-27-13-18(26)23(28-22)32-4;18-16-12(20)7-21-17(22-16)14-6-15(13-3-4-27-24-13)25(23-14)8-9-1-2-10(26)5-11(9)19;1-13(2,3)17(4,5)16-11-7-6-10(9-14)12(15)8-11;1-18-12-8(13)6-15-11(16-12)10-4-7(5-14-10)9-2-3-19-17-9/h7-13H,14H2,1-6H3;1-7,26H,8H2;6-8H,9H2,1-5H3;2-4,6H,5H2,1H3. The molecule has 3 aromatic carbocycles. The zero-order valence-corrected chi connectivity index (χ0v) is 59.4. The van der Waals surface area contributed by atoms with Gasteiger partial charge in [-0.15, -0.1) is 0 Å². The molecule has 0 radical (unpaired) electrons. The molecule has 0 atom stereocenters. The monoisotopic (exact) mass is 1470 g/mol. The number of aliphatic imine (C=N–C) groups is 1. The number of nitrogens with zero attached hydrogens (tertiary/aromatic N) is 14. The third-order valence-electron chi connectivity index (χ3n) is 15.9. The Kier molecular flexibility index (Phi) is 22.7. The van der Waals surface area contributed by atoms with Gasteiger partial charge in [0.25, 0.3) is 11.8 Å². The summed E-state index contributed by atoms with van der Waals surface area (Å²) < 4.78 is 123. The van der Waals surface area contributed by atoms with Crippen molar-refractivity contribution in [1.82, 2.24) is 64.9 Å². The van der Waals surface area contributed by atoms with Crippen molar-refractivity contribution in [1.29, 1.82) is 0 Å². The third-order valence-corrected chi connectivity index (χ3v) is 25.5. The molecule has 1 aliphatic heterocycles. The van der Waals surface area contributed by atoms with Gasteiger partial charge in [0.15, 0.2) is 28.4 Å². The van der Waals surface area contributed by atoms with E-state index >= 15 is 4.39 Å². The number of methoxy groups -OCH3 is 2. The van der Waals surface area contributed by atoms with Gasteiger partial charge in [0.2, 0.25) is 28.3 Å². The van der Waals surface area contributed by atoms with Gasteiger partial charge in [0, 0.05) is 58.4 Å². The van der Waals surface area contributed by atoms with Crippen molar-refractivity contribution in [2.75, 3.05) is 20.8 Å². The summed E-state index contributed by atoms with van der Waals surface area (Å²) in [6.07, 6.45) is 9.12. The molecule has 0 saturated heterocycles. The Morgan fingerprint density at radius 1 is 0.531 bits per heavy atom. The van der Waals surface area contributed by atoms with E-state index in [2.05, 4.69) is 144 Å². The second-order valence-electron chi connectivity index (χ2n) is 24.7. The second-order valence-corrected chi connectivity index (χ2v) is 35.1. The van der Waals surface area contributed by atoms with Crippen LogP contribution in [-0.2, 0) is 18.4 Å². The van der Waals surface area contributed by atoms with E-state index in [0.717, 1.165) is 30.2 Å². The maximum atomic E-state index is 15.1. The first-order chi connectivity index (χ1) is 46.4. The zero-order valence-electron chi connectivity index (χ0n) is 55.0. The van der Waals surface area contributed by atoms with Crippen molar-refractivity contribution in [3.8, 4) is 74.8 Å². The molecule has 1 aliphatic rings. The second kappa shape index (κ2) is 30.7. The number of halogens is 8. The lowest BCUT2D eigenvalue weighted by Crippen LogP contribution is -2.43. The fourth-order valence-electron chi connectivity index (χ4n) is 8.50. The normalized spacial score (nSPS) is 12.3. The molecule has 0 saturated carbocycles. The number of aromatic hydroxyl groups is 1. The molecule has 0 aliphatic carbocycles. The molecule has 0 unspecified atom stereocenters. The number of benzene rings is 3. The number of rotatable bonds is 17. The Hall–Kier alpha value is -9.86. The highest BCUT2D eigenvalue weighted by Gasteiger charge is 2.40. The Morgan fingerprint density at radius 3 is 1.39 bits per heavy atom. The Balaban J connectivity index is 0.000000159. The van der Waals surface area contributed by atoms with Crippen LogP contribution in [0, 0.1) is 34.9 Å². The van der Waals surface area contributed by atoms with E-state index in [1.165, 1.54) is 62.0 Å². The molecule has 22 nitrogen and oxygen atoms in total. The van der Waals surface area contributed by atoms with E-state index in [-0.39, 0.29) is 63.3 Å². The van der Waals surface area contributed by atoms with E-state index < -0.39 is 45.7 Å². The number of aromatic nitrogens is 13. The highest BCUT2D eigenvalue weighted by Crippen LogP contribution is 2.40. The molecule has 98 heavy (non-hydrogen) atoms. The van der Waals surface area contributed by atoms with E-state index in [4.69, 9.17) is 43.5 Å². The predicted molar refractivity (Wildman–Crippen MR) is 361 cm³/mol. The average molecular weight is 1470 g/mol. The summed E-state index contributed by atoms with van der Waals surface area (Å²) in [6.45, 7) is 22.0. The Morgan fingerprint density at radius 2 is 0.959 bits per heavy atom. The van der Waals surface area contributed by atoms with E-state index in [1.807, 2.05) is 6.07 Å². The van der Waals surface area contributed by atoms with Gasteiger partial charge in [-0.1, -0.05) is 103 Å². The summed E-state index contributed by atoms with van der Waals surface area (Å²) >= 11 is 8.97. The van der Waals surface area contributed by atoms with Gasteiger partial charge in [-0.3, -0.25) is 14.4 Å². The largest absolute Gasteiger partial charge is 0.543 e. The lowest BCUT2D eigenvalue weighted by molar-refractivity contribution is 0.366. The number of alkyl halides is 1. The summed E-state index contributed by atoms with van der Waals surface area (Å²) in [4.78, 5) is 28.0. The lowest BCUT2D eigenvalue weighted by Gasteiger charge is -2.36. The number of phenolic OH excluding ortho intramolecular Hbond substituents is 1. The fourth-order valence-corrected chi connectivity index (χ4v) is 11.1. The lowest BCUT2D eigenvalue weighted by atomic mass is 10.2. The summed E-state index contributed by atoms with van der Waals surface area (Å²) in [6, 6.07) is 22.1. The number of hydrogen-bond acceptors (Lipinski definition) is 20. The van der Waals surface area contributed by atoms with Crippen LogP contribution in [-0.4, -0.2) is 113 Å². The fraction of sp³-hybridized carbons (Fsp3) is 0.273. The van der Waals surface area contributed by atoms with E-state index in [0.29, 0.717) is 91.5 Å². The maximum Gasteiger partial charge on any atom is 0.253 e. The van der Waals surface area contributed by atoms with Crippen LogP contribution in [0.2, 0.25) is 41.4 Å². The van der Waals surface area contributed by atoms with Crippen LogP contribution < -0.4 is 18.3 Å². The first kappa shape index (κ1) is 72.4. The molecule has 12 rings (SSSR count). The van der Waals surface area contributed by atoms with Gasteiger partial charge in [-0.2, -0.15) is 28.9 Å². The van der Waals surface area contributed by atoms with Gasteiger partial charge in [0.05, 0.1) is 63.8 Å². The summed E-state index contributed by atoms with van der Waals surface area (Å²) in [5.41, 5.74) is 6.21. The zero-order chi connectivity index (χ0) is 70.9. The molecule has 9 heterocycles. The van der Waals surface area contributed by atoms with Crippen molar-refractivity contribution < 1.29 is 63.3 Å². The highest BCUT2D eigenvalue weighted by atomic mass is 79.9. The minimum absolute atomic E-state index is 0.00872. The molecule has 32 heteroatoms. The van der Waals surface area contributed by atoms with Crippen LogP contribution in [0.1, 0.15) is 69.8 Å². The number of phenols is 1. The average Bonchev–Trinajstić information content (AvgIpc) is 1.61. The molecular formula is C66H66BrClF6N14O8Si2. The molecule has 0 amide bonds. The van der Waals surface area contributed by atoms with Crippen LogP contribution in [0.25, 0.3) is 51.4 Å². The SMILES string of the molecule is CC(C)(C)[Si](C)(C)Oc1ccc(CBr)c(F)c1.COc1nc(-c2cc(-c3ccon3)n(Cc3ccc(O[Si](C)(C)C(C)(C)C)cc3F)n2)ncc1F.COc1nc(C2=NCC(c3ccon3)=C2)ncc1F.Oc1ccc(Cn2nc(-c3ncc(F)c(Cl)n3)cc2-c2ccon2)c(F)c1. The first-order valence-electron chi connectivity index (χ1n) is 29.9. The number of ether oxygens (including phenoxy) is 2. The molecule has 0 bridgehead atoms. The van der Waals surface area contributed by atoms with Crippen LogP contribution in [0.15, 0.2) is 147 Å². The minimum atomic E-state index is -2.11. The molecule has 512 valence electrons. The molecule has 0 spiro atoms. The summed E-state index contributed by atoms with van der Waals surface area (Å²) in [7, 11) is -1.32. The highest BCUT2D eigenvalue weighted by molar-refractivity contribution is 9.08. The van der Waals surface area contributed by atoms with E-state index in [9.17, 15) is 27.1 Å². The van der Waals surface area contributed by atoms with Crippen LogP contribution in [0.3, 0.4) is 0 Å². The summed E-state index contributed by atoms with van der Waals surface area (Å²) in [5.74, 6) is -2.00.